The maximum atomic E-state index is 5.97. The highest BCUT2D eigenvalue weighted by atomic mass is 15.0. The van der Waals surface area contributed by atoms with Crippen LogP contribution in [-0.4, -0.2) is 9.97 Å². The molecule has 0 atom stereocenters. The molecule has 2 aromatic rings. The van der Waals surface area contributed by atoms with Crippen molar-refractivity contribution in [3.63, 3.8) is 0 Å². The third kappa shape index (κ3) is 2.06. The molecule has 0 fully saturated rings. The van der Waals surface area contributed by atoms with Crippen molar-refractivity contribution in [1.29, 1.82) is 0 Å². The molecule has 0 amide bonds. The quantitative estimate of drug-likeness (QED) is 0.825. The Hall–Kier alpha value is -2.10. The summed E-state index contributed by atoms with van der Waals surface area (Å²) in [4.78, 5) is 8.30. The molecule has 0 aliphatic carbocycles. The molecular weight excluding hydrogens is 212 g/mol. The van der Waals surface area contributed by atoms with Gasteiger partial charge in [-0.05, 0) is 24.5 Å². The second-order valence-corrected chi connectivity index (χ2v) is 3.96. The number of nitrogens with zero attached hydrogens (tertiary/aromatic N) is 2. The number of aromatic nitrogens is 2. The second-order valence-electron chi connectivity index (χ2n) is 3.96. The lowest BCUT2D eigenvalue weighted by Gasteiger charge is -2.12. The van der Waals surface area contributed by atoms with E-state index in [4.69, 9.17) is 11.5 Å². The van der Waals surface area contributed by atoms with Gasteiger partial charge in [-0.1, -0.05) is 31.2 Å². The van der Waals surface area contributed by atoms with Crippen LogP contribution >= 0.6 is 0 Å². The summed E-state index contributed by atoms with van der Waals surface area (Å²) in [7, 11) is 0. The molecule has 0 unspecified atom stereocenters. The molecule has 0 saturated heterocycles. The van der Waals surface area contributed by atoms with Gasteiger partial charge in [0.15, 0.2) is 0 Å². The summed E-state index contributed by atoms with van der Waals surface area (Å²) in [5.74, 6) is 0.681. The van der Waals surface area contributed by atoms with Gasteiger partial charge in [0, 0.05) is 5.56 Å². The summed E-state index contributed by atoms with van der Waals surface area (Å²) >= 11 is 0. The number of hydrogen-bond acceptors (Lipinski definition) is 4. The monoisotopic (exact) mass is 228 g/mol. The van der Waals surface area contributed by atoms with Gasteiger partial charge in [-0.3, -0.25) is 0 Å². The van der Waals surface area contributed by atoms with Gasteiger partial charge in [-0.25, -0.2) is 4.98 Å². The van der Waals surface area contributed by atoms with E-state index in [0.717, 1.165) is 28.8 Å². The van der Waals surface area contributed by atoms with E-state index in [2.05, 4.69) is 9.97 Å². The Kier molecular flexibility index (Phi) is 2.95. The fourth-order valence-electron chi connectivity index (χ4n) is 1.95. The smallest absolute Gasteiger partial charge is 0.222 e. The van der Waals surface area contributed by atoms with E-state index in [1.807, 2.05) is 38.1 Å². The van der Waals surface area contributed by atoms with E-state index in [-0.39, 0.29) is 5.95 Å². The summed E-state index contributed by atoms with van der Waals surface area (Å²) in [5.41, 5.74) is 15.6. The molecule has 1 aromatic carbocycles. The number of nitrogen functional groups attached to an aromatic ring is 2. The Balaban J connectivity index is 2.71. The molecule has 0 saturated carbocycles. The first kappa shape index (κ1) is 11.4. The molecule has 0 bridgehead atoms. The number of anilines is 2. The summed E-state index contributed by atoms with van der Waals surface area (Å²) < 4.78 is 0. The van der Waals surface area contributed by atoms with Gasteiger partial charge in [0.05, 0.1) is 5.69 Å². The molecule has 0 radical (unpaired) electrons. The summed E-state index contributed by atoms with van der Waals surface area (Å²) in [5, 5.41) is 0. The minimum Gasteiger partial charge on any atom is -0.383 e. The normalized spacial score (nSPS) is 10.5. The lowest BCUT2D eigenvalue weighted by molar-refractivity contribution is 1.02. The first-order valence-corrected chi connectivity index (χ1v) is 5.61. The maximum absolute atomic E-state index is 5.97. The number of nitrogens with two attached hydrogens (primary N) is 2. The topological polar surface area (TPSA) is 77.8 Å². The zero-order chi connectivity index (χ0) is 12.4. The minimum absolute atomic E-state index is 0.233. The van der Waals surface area contributed by atoms with Crippen LogP contribution in [0.4, 0.5) is 11.8 Å². The van der Waals surface area contributed by atoms with Crippen LogP contribution < -0.4 is 11.5 Å². The van der Waals surface area contributed by atoms with Gasteiger partial charge >= 0.3 is 0 Å². The maximum Gasteiger partial charge on any atom is 0.222 e. The van der Waals surface area contributed by atoms with Gasteiger partial charge in [0.25, 0.3) is 0 Å². The van der Waals surface area contributed by atoms with E-state index in [0.29, 0.717) is 5.82 Å². The van der Waals surface area contributed by atoms with E-state index in [9.17, 15) is 0 Å². The van der Waals surface area contributed by atoms with Crippen molar-refractivity contribution in [2.75, 3.05) is 11.5 Å². The average molecular weight is 228 g/mol. The third-order valence-electron chi connectivity index (χ3n) is 2.78. The zero-order valence-corrected chi connectivity index (χ0v) is 10.1. The standard InChI is InChI=1S/C13H16N4/c1-3-10-11(12(14)17-13(15)16-10)9-7-5-4-6-8(9)2/h4-7H,3H2,1-2H3,(H4,14,15,16,17). The van der Waals surface area contributed by atoms with E-state index in [1.165, 1.54) is 0 Å². The first-order chi connectivity index (χ1) is 8.13. The van der Waals surface area contributed by atoms with Crippen LogP contribution in [0.1, 0.15) is 18.2 Å². The highest BCUT2D eigenvalue weighted by molar-refractivity contribution is 5.78. The number of benzene rings is 1. The van der Waals surface area contributed by atoms with Crippen LogP contribution in [0.25, 0.3) is 11.1 Å². The van der Waals surface area contributed by atoms with Crippen molar-refractivity contribution >= 4 is 11.8 Å². The highest BCUT2D eigenvalue weighted by Crippen LogP contribution is 2.30. The predicted octanol–water partition coefficient (Wildman–Crippen LogP) is 2.18. The minimum atomic E-state index is 0.233. The van der Waals surface area contributed by atoms with Crippen LogP contribution in [0.15, 0.2) is 24.3 Å². The number of hydrogen-bond donors (Lipinski definition) is 2. The molecule has 1 aromatic heterocycles. The summed E-state index contributed by atoms with van der Waals surface area (Å²) in [6.07, 6.45) is 0.778. The predicted molar refractivity (Wildman–Crippen MR) is 70.4 cm³/mol. The third-order valence-corrected chi connectivity index (χ3v) is 2.78. The van der Waals surface area contributed by atoms with Crippen LogP contribution in [0.5, 0.6) is 0 Å². The largest absolute Gasteiger partial charge is 0.383 e. The van der Waals surface area contributed by atoms with Gasteiger partial charge in [-0.15, -0.1) is 0 Å². The Morgan fingerprint density at radius 3 is 2.47 bits per heavy atom. The summed E-state index contributed by atoms with van der Waals surface area (Å²) in [6, 6.07) is 8.06. The molecule has 4 N–H and O–H groups in total. The van der Waals surface area contributed by atoms with Crippen LogP contribution in [-0.2, 0) is 6.42 Å². The fraction of sp³-hybridized carbons (Fsp3) is 0.231. The van der Waals surface area contributed by atoms with Crippen molar-refractivity contribution in [3.8, 4) is 11.1 Å². The molecule has 17 heavy (non-hydrogen) atoms. The first-order valence-electron chi connectivity index (χ1n) is 5.61. The second kappa shape index (κ2) is 4.41. The highest BCUT2D eigenvalue weighted by Gasteiger charge is 2.13. The van der Waals surface area contributed by atoms with E-state index < -0.39 is 0 Å². The van der Waals surface area contributed by atoms with Crippen molar-refractivity contribution < 1.29 is 0 Å². The van der Waals surface area contributed by atoms with Gasteiger partial charge < -0.3 is 11.5 Å². The average Bonchev–Trinajstić information content (AvgIpc) is 2.29. The summed E-state index contributed by atoms with van der Waals surface area (Å²) in [6.45, 7) is 4.08. The number of aryl methyl sites for hydroxylation is 2. The zero-order valence-electron chi connectivity index (χ0n) is 10.1. The van der Waals surface area contributed by atoms with Gasteiger partial charge in [0.2, 0.25) is 5.95 Å². The van der Waals surface area contributed by atoms with Crippen molar-refractivity contribution in [3.05, 3.63) is 35.5 Å². The van der Waals surface area contributed by atoms with Gasteiger partial charge in [0.1, 0.15) is 5.82 Å². The molecule has 4 heteroatoms. The Bertz CT molecular complexity index is 549. The molecule has 4 nitrogen and oxygen atoms in total. The molecule has 0 spiro atoms. The fourth-order valence-corrected chi connectivity index (χ4v) is 1.95. The Morgan fingerprint density at radius 2 is 1.82 bits per heavy atom. The number of rotatable bonds is 2. The molecule has 2 rings (SSSR count). The van der Waals surface area contributed by atoms with E-state index in [1.54, 1.807) is 0 Å². The van der Waals surface area contributed by atoms with Crippen LogP contribution in [0.2, 0.25) is 0 Å². The molecular formula is C13H16N4. The van der Waals surface area contributed by atoms with Crippen molar-refractivity contribution in [1.82, 2.24) is 9.97 Å². The molecule has 88 valence electrons. The Morgan fingerprint density at radius 1 is 1.12 bits per heavy atom. The van der Waals surface area contributed by atoms with Gasteiger partial charge in [-0.2, -0.15) is 4.98 Å². The Labute approximate surface area is 101 Å². The van der Waals surface area contributed by atoms with Crippen LogP contribution in [0, 0.1) is 6.92 Å². The van der Waals surface area contributed by atoms with Crippen molar-refractivity contribution in [2.24, 2.45) is 0 Å². The SMILES string of the molecule is CCc1nc(N)nc(N)c1-c1ccccc1C. The van der Waals surface area contributed by atoms with E-state index >= 15 is 0 Å². The molecule has 1 heterocycles. The molecule has 0 aliphatic heterocycles. The van der Waals surface area contributed by atoms with Crippen molar-refractivity contribution in [2.45, 2.75) is 20.3 Å². The van der Waals surface area contributed by atoms with Crippen LogP contribution in [0.3, 0.4) is 0 Å². The molecule has 0 aliphatic rings. The lowest BCUT2D eigenvalue weighted by atomic mass is 9.98. The lowest BCUT2D eigenvalue weighted by Crippen LogP contribution is -2.06.